The smallest absolute Gasteiger partial charge is 0.268 e. The highest BCUT2D eigenvalue weighted by Crippen LogP contribution is 2.16. The van der Waals surface area contributed by atoms with E-state index in [-0.39, 0.29) is 18.0 Å². The highest BCUT2D eigenvalue weighted by atomic mass is 35.5. The van der Waals surface area contributed by atoms with Crippen LogP contribution >= 0.6 is 24.2 Å². The molecule has 1 aliphatic heterocycles. The molecule has 1 aromatic carbocycles. The molecule has 1 N–H and O–H groups in total. The number of benzene rings is 1. The summed E-state index contributed by atoms with van der Waals surface area (Å²) in [6, 6.07) is 11.9. The van der Waals surface area contributed by atoms with E-state index in [4.69, 9.17) is 0 Å². The van der Waals surface area contributed by atoms with Crippen molar-refractivity contribution in [1.82, 2.24) is 15.1 Å². The molecule has 0 spiro atoms. The standard InChI is InChI=1S/C16H20N4OS.ClH/c21-16-12-14(19-8-6-17-7-9-19)13-18-20(16)10-11-22-15-4-2-1-3-5-15;/h1-5,12-13,17H,6-11H2;1H. The first-order valence-corrected chi connectivity index (χ1v) is 8.52. The maximum atomic E-state index is 12.2. The van der Waals surface area contributed by atoms with Gasteiger partial charge in [0.1, 0.15) is 0 Å². The summed E-state index contributed by atoms with van der Waals surface area (Å²) in [6.07, 6.45) is 1.81. The van der Waals surface area contributed by atoms with Crippen LogP contribution in [0.4, 0.5) is 5.69 Å². The third-order valence-corrected chi connectivity index (χ3v) is 4.64. The Balaban J connectivity index is 0.00000192. The fourth-order valence-corrected chi connectivity index (χ4v) is 3.30. The Morgan fingerprint density at radius 3 is 2.61 bits per heavy atom. The molecule has 0 radical (unpaired) electrons. The van der Waals surface area contributed by atoms with Gasteiger partial charge >= 0.3 is 0 Å². The number of thioether (sulfide) groups is 1. The van der Waals surface area contributed by atoms with Crippen LogP contribution in [0.2, 0.25) is 0 Å². The fourth-order valence-electron chi connectivity index (χ4n) is 2.45. The van der Waals surface area contributed by atoms with Crippen molar-refractivity contribution < 1.29 is 0 Å². The minimum Gasteiger partial charge on any atom is -0.368 e. The summed E-state index contributed by atoms with van der Waals surface area (Å²) in [5.74, 6) is 0.837. The van der Waals surface area contributed by atoms with E-state index in [2.05, 4.69) is 27.4 Å². The summed E-state index contributed by atoms with van der Waals surface area (Å²) in [6.45, 7) is 4.39. The van der Waals surface area contributed by atoms with E-state index >= 15 is 0 Å². The molecule has 23 heavy (non-hydrogen) atoms. The number of nitrogens with one attached hydrogen (secondary N) is 1. The molecule has 0 aliphatic carbocycles. The first-order chi connectivity index (χ1) is 10.8. The molecule has 1 saturated heterocycles. The van der Waals surface area contributed by atoms with E-state index in [1.54, 1.807) is 28.7 Å². The molecule has 0 bridgehead atoms. The number of hydrogen-bond acceptors (Lipinski definition) is 5. The van der Waals surface area contributed by atoms with Crippen LogP contribution in [0.25, 0.3) is 0 Å². The summed E-state index contributed by atoms with van der Waals surface area (Å²) in [4.78, 5) is 15.6. The topological polar surface area (TPSA) is 50.2 Å². The Bertz CT molecular complexity index is 659. The van der Waals surface area contributed by atoms with E-state index in [1.165, 1.54) is 4.90 Å². The van der Waals surface area contributed by atoms with Gasteiger partial charge in [0.05, 0.1) is 18.4 Å². The van der Waals surface area contributed by atoms with Gasteiger partial charge in [-0.05, 0) is 12.1 Å². The lowest BCUT2D eigenvalue weighted by Gasteiger charge is -2.28. The first kappa shape index (κ1) is 17.8. The van der Waals surface area contributed by atoms with Gasteiger partial charge in [-0.3, -0.25) is 4.79 Å². The van der Waals surface area contributed by atoms with Crippen molar-refractivity contribution in [2.75, 3.05) is 36.8 Å². The van der Waals surface area contributed by atoms with Crippen LogP contribution in [0.5, 0.6) is 0 Å². The van der Waals surface area contributed by atoms with Gasteiger partial charge in [-0.25, -0.2) is 4.68 Å². The first-order valence-electron chi connectivity index (χ1n) is 7.53. The lowest BCUT2D eigenvalue weighted by Crippen LogP contribution is -2.44. The molecule has 1 fully saturated rings. The van der Waals surface area contributed by atoms with Crippen LogP contribution in [0.3, 0.4) is 0 Å². The molecular formula is C16H21ClN4OS. The lowest BCUT2D eigenvalue weighted by molar-refractivity contribution is 0.579. The van der Waals surface area contributed by atoms with E-state index in [0.717, 1.165) is 37.6 Å². The summed E-state index contributed by atoms with van der Waals surface area (Å²) in [5, 5.41) is 7.62. The van der Waals surface area contributed by atoms with Crippen LogP contribution in [-0.4, -0.2) is 41.7 Å². The number of nitrogens with zero attached hydrogens (tertiary/aromatic N) is 3. The Hall–Kier alpha value is -1.50. The predicted octanol–water partition coefficient (Wildman–Crippen LogP) is 1.87. The van der Waals surface area contributed by atoms with Crippen LogP contribution in [-0.2, 0) is 6.54 Å². The molecule has 7 heteroatoms. The second-order valence-electron chi connectivity index (χ2n) is 5.17. The molecule has 124 valence electrons. The molecule has 0 unspecified atom stereocenters. The van der Waals surface area contributed by atoms with Gasteiger partial charge in [0.25, 0.3) is 5.56 Å². The number of hydrogen-bond donors (Lipinski definition) is 1. The average molecular weight is 353 g/mol. The molecule has 0 atom stereocenters. The third kappa shape index (κ3) is 4.99. The summed E-state index contributed by atoms with van der Waals surface area (Å²) >= 11 is 1.74. The minimum atomic E-state index is -0.0234. The van der Waals surface area contributed by atoms with Gasteiger partial charge in [-0.2, -0.15) is 5.10 Å². The van der Waals surface area contributed by atoms with Crippen LogP contribution in [0.1, 0.15) is 0 Å². The molecular weight excluding hydrogens is 332 g/mol. The highest BCUT2D eigenvalue weighted by Gasteiger charge is 2.11. The van der Waals surface area contributed by atoms with Crippen molar-refractivity contribution in [1.29, 1.82) is 0 Å². The zero-order valence-electron chi connectivity index (χ0n) is 12.9. The van der Waals surface area contributed by atoms with Gasteiger partial charge in [-0.15, -0.1) is 24.2 Å². The monoisotopic (exact) mass is 352 g/mol. The average Bonchev–Trinajstić information content (AvgIpc) is 2.58. The van der Waals surface area contributed by atoms with E-state index in [9.17, 15) is 4.79 Å². The maximum absolute atomic E-state index is 12.2. The summed E-state index contributed by atoms with van der Waals surface area (Å²) in [7, 11) is 0. The quantitative estimate of drug-likeness (QED) is 0.832. The Morgan fingerprint density at radius 2 is 1.91 bits per heavy atom. The Labute approximate surface area is 146 Å². The van der Waals surface area contributed by atoms with Gasteiger partial charge < -0.3 is 10.2 Å². The lowest BCUT2D eigenvalue weighted by atomic mass is 10.3. The number of halogens is 1. The third-order valence-electron chi connectivity index (χ3n) is 3.65. The van der Waals surface area contributed by atoms with E-state index in [0.29, 0.717) is 6.54 Å². The van der Waals surface area contributed by atoms with Crippen molar-refractivity contribution in [3.63, 3.8) is 0 Å². The highest BCUT2D eigenvalue weighted by molar-refractivity contribution is 7.99. The zero-order chi connectivity index (χ0) is 15.2. The van der Waals surface area contributed by atoms with Crippen molar-refractivity contribution in [2.24, 2.45) is 0 Å². The minimum absolute atomic E-state index is 0. The second kappa shape index (κ2) is 8.96. The van der Waals surface area contributed by atoms with Crippen LogP contribution < -0.4 is 15.8 Å². The van der Waals surface area contributed by atoms with Crippen molar-refractivity contribution in [3.05, 3.63) is 52.9 Å². The molecule has 0 saturated carbocycles. The molecule has 5 nitrogen and oxygen atoms in total. The Kier molecular flexibility index (Phi) is 6.95. The Morgan fingerprint density at radius 1 is 1.17 bits per heavy atom. The molecule has 1 aromatic heterocycles. The molecule has 1 aliphatic rings. The number of rotatable bonds is 5. The number of aromatic nitrogens is 2. The molecule has 2 aromatic rings. The maximum Gasteiger partial charge on any atom is 0.268 e. The van der Waals surface area contributed by atoms with Crippen LogP contribution in [0.15, 0.2) is 52.3 Å². The zero-order valence-corrected chi connectivity index (χ0v) is 14.5. The molecule has 2 heterocycles. The summed E-state index contributed by atoms with van der Waals surface area (Å²) < 4.78 is 1.54. The SMILES string of the molecule is Cl.O=c1cc(N2CCNCC2)cnn1CCSc1ccccc1. The number of aryl methyl sites for hydroxylation is 1. The summed E-state index contributed by atoms with van der Waals surface area (Å²) in [5.41, 5.74) is 0.906. The van der Waals surface area contributed by atoms with Crippen molar-refractivity contribution >= 4 is 29.9 Å². The van der Waals surface area contributed by atoms with Gasteiger partial charge in [0.15, 0.2) is 0 Å². The van der Waals surface area contributed by atoms with Gasteiger partial charge in [0, 0.05) is 42.9 Å². The van der Waals surface area contributed by atoms with Crippen molar-refractivity contribution in [3.8, 4) is 0 Å². The van der Waals surface area contributed by atoms with Crippen LogP contribution in [0, 0.1) is 0 Å². The van der Waals surface area contributed by atoms with Gasteiger partial charge in [-0.1, -0.05) is 18.2 Å². The fraction of sp³-hybridized carbons (Fsp3) is 0.375. The van der Waals surface area contributed by atoms with E-state index in [1.807, 2.05) is 18.2 Å². The van der Waals surface area contributed by atoms with E-state index < -0.39 is 0 Å². The number of anilines is 1. The largest absolute Gasteiger partial charge is 0.368 e. The normalized spacial score (nSPS) is 14.3. The second-order valence-corrected chi connectivity index (χ2v) is 6.34. The number of piperazine rings is 1. The predicted molar refractivity (Wildman–Crippen MR) is 98.0 cm³/mol. The van der Waals surface area contributed by atoms with Crippen molar-refractivity contribution in [2.45, 2.75) is 11.4 Å². The van der Waals surface area contributed by atoms with Gasteiger partial charge in [0.2, 0.25) is 0 Å². The molecule has 3 rings (SSSR count). The molecule has 0 amide bonds.